The molecule has 2 atom stereocenters. The highest BCUT2D eigenvalue weighted by atomic mass is 35.5. The third-order valence-corrected chi connectivity index (χ3v) is 4.51. The van der Waals surface area contributed by atoms with Crippen molar-refractivity contribution < 1.29 is 0 Å². The Kier molecular flexibility index (Phi) is 3.39. The molecule has 0 saturated carbocycles. The molecule has 0 aromatic heterocycles. The Morgan fingerprint density at radius 1 is 1.24 bits per heavy atom. The molecule has 1 aliphatic heterocycles. The van der Waals surface area contributed by atoms with Gasteiger partial charge in [-0.05, 0) is 74.2 Å². The molecule has 3 rings (SSSR count). The maximum absolute atomic E-state index is 6.04. The first-order valence-electron chi connectivity index (χ1n) is 6.82. The van der Waals surface area contributed by atoms with Crippen LogP contribution in [0, 0.1) is 5.92 Å². The topological polar surface area (TPSA) is 12.0 Å². The van der Waals surface area contributed by atoms with Crippen LogP contribution in [0.1, 0.15) is 36.8 Å². The molecule has 0 bridgehead atoms. The smallest absolute Gasteiger partial charge is 0.0408 e. The minimum atomic E-state index is 0.786. The van der Waals surface area contributed by atoms with E-state index in [1.807, 2.05) is 6.07 Å². The van der Waals surface area contributed by atoms with Gasteiger partial charge in [-0.25, -0.2) is 0 Å². The summed E-state index contributed by atoms with van der Waals surface area (Å²) in [7, 11) is 0. The normalized spacial score (nSPS) is 28.1. The zero-order valence-corrected chi connectivity index (χ0v) is 11.0. The van der Waals surface area contributed by atoms with Crippen LogP contribution in [0.3, 0.4) is 0 Å². The highest BCUT2D eigenvalue weighted by molar-refractivity contribution is 6.30. The number of aryl methyl sites for hydroxylation is 1. The molecule has 2 aliphatic rings. The van der Waals surface area contributed by atoms with Gasteiger partial charge in [0.15, 0.2) is 0 Å². The number of fused-ring (bicyclic) bond motifs is 1. The van der Waals surface area contributed by atoms with Gasteiger partial charge in [0.2, 0.25) is 0 Å². The van der Waals surface area contributed by atoms with Gasteiger partial charge in [-0.3, -0.25) is 0 Å². The molecule has 2 unspecified atom stereocenters. The average molecular weight is 250 g/mol. The van der Waals surface area contributed by atoms with E-state index in [9.17, 15) is 0 Å². The Labute approximate surface area is 109 Å². The van der Waals surface area contributed by atoms with Crippen LogP contribution in [0.5, 0.6) is 0 Å². The summed E-state index contributed by atoms with van der Waals surface area (Å²) in [4.78, 5) is 0. The molecule has 1 nitrogen and oxygen atoms in total. The van der Waals surface area contributed by atoms with E-state index in [0.717, 1.165) is 17.0 Å². The van der Waals surface area contributed by atoms with E-state index in [-0.39, 0.29) is 0 Å². The lowest BCUT2D eigenvalue weighted by molar-refractivity contribution is 0.372. The van der Waals surface area contributed by atoms with Crippen molar-refractivity contribution >= 4 is 11.6 Å². The van der Waals surface area contributed by atoms with Gasteiger partial charge >= 0.3 is 0 Å². The van der Waals surface area contributed by atoms with Crippen LogP contribution >= 0.6 is 11.6 Å². The molecule has 0 spiro atoms. The van der Waals surface area contributed by atoms with Crippen LogP contribution in [0.4, 0.5) is 0 Å². The number of halogens is 1. The van der Waals surface area contributed by atoms with Crippen LogP contribution in [-0.2, 0) is 12.8 Å². The predicted octanol–water partition coefficient (Wildman–Crippen LogP) is 3.59. The lowest BCUT2D eigenvalue weighted by Gasteiger charge is -2.27. The molecule has 1 heterocycles. The van der Waals surface area contributed by atoms with Gasteiger partial charge < -0.3 is 5.32 Å². The fourth-order valence-corrected chi connectivity index (χ4v) is 3.56. The molecule has 17 heavy (non-hydrogen) atoms. The van der Waals surface area contributed by atoms with Gasteiger partial charge in [-0.2, -0.15) is 0 Å². The minimum Gasteiger partial charge on any atom is -0.314 e. The van der Waals surface area contributed by atoms with E-state index >= 15 is 0 Å². The van der Waals surface area contributed by atoms with Gasteiger partial charge in [0, 0.05) is 11.1 Å². The summed E-state index contributed by atoms with van der Waals surface area (Å²) in [6.07, 6.45) is 7.92. The van der Waals surface area contributed by atoms with Gasteiger partial charge in [-0.1, -0.05) is 17.7 Å². The summed E-state index contributed by atoms with van der Waals surface area (Å²) in [5, 5.41) is 4.50. The fraction of sp³-hybridized carbons (Fsp3) is 0.600. The Bertz CT molecular complexity index is 396. The zero-order valence-electron chi connectivity index (χ0n) is 10.2. The summed E-state index contributed by atoms with van der Waals surface area (Å²) in [5.74, 6) is 0.874. The highest BCUT2D eigenvalue weighted by Crippen LogP contribution is 2.31. The molecule has 1 aromatic carbocycles. The third-order valence-electron chi connectivity index (χ3n) is 4.28. The Balaban J connectivity index is 1.65. The first-order chi connectivity index (χ1) is 8.31. The summed E-state index contributed by atoms with van der Waals surface area (Å²) in [5.41, 5.74) is 3.01. The number of nitrogens with one attached hydrogen (secondary N) is 1. The number of benzene rings is 1. The molecular weight excluding hydrogens is 230 g/mol. The van der Waals surface area contributed by atoms with E-state index in [1.165, 1.54) is 56.2 Å². The van der Waals surface area contributed by atoms with E-state index in [4.69, 9.17) is 11.6 Å². The largest absolute Gasteiger partial charge is 0.314 e. The standard InChI is InChI=1S/C15H20ClN/c16-14-6-5-12-8-11(3-4-13(12)10-14)9-15-2-1-7-17-15/h5-6,10-11,15,17H,1-4,7-9H2. The molecule has 1 N–H and O–H groups in total. The van der Waals surface area contributed by atoms with Crippen molar-refractivity contribution in [1.29, 1.82) is 0 Å². The van der Waals surface area contributed by atoms with E-state index < -0.39 is 0 Å². The maximum atomic E-state index is 6.04. The first-order valence-corrected chi connectivity index (χ1v) is 7.20. The van der Waals surface area contributed by atoms with Crippen molar-refractivity contribution in [2.75, 3.05) is 6.54 Å². The van der Waals surface area contributed by atoms with Gasteiger partial charge in [0.05, 0.1) is 0 Å². The van der Waals surface area contributed by atoms with Crippen LogP contribution in [0.2, 0.25) is 5.02 Å². The van der Waals surface area contributed by atoms with E-state index in [1.54, 1.807) is 0 Å². The van der Waals surface area contributed by atoms with Crippen molar-refractivity contribution in [2.45, 2.75) is 44.6 Å². The van der Waals surface area contributed by atoms with Crippen LogP contribution in [-0.4, -0.2) is 12.6 Å². The van der Waals surface area contributed by atoms with Crippen LogP contribution in [0.25, 0.3) is 0 Å². The molecule has 1 aromatic rings. The third kappa shape index (κ3) is 2.66. The second-order valence-electron chi connectivity index (χ2n) is 5.55. The number of hydrogen-bond donors (Lipinski definition) is 1. The number of rotatable bonds is 2. The Hall–Kier alpha value is -0.530. The van der Waals surface area contributed by atoms with Gasteiger partial charge in [-0.15, -0.1) is 0 Å². The molecule has 92 valence electrons. The lowest BCUT2D eigenvalue weighted by Crippen LogP contribution is -2.27. The summed E-state index contributed by atoms with van der Waals surface area (Å²) in [6.45, 7) is 1.23. The minimum absolute atomic E-state index is 0.786. The fourth-order valence-electron chi connectivity index (χ4n) is 3.36. The second-order valence-corrected chi connectivity index (χ2v) is 5.99. The van der Waals surface area contributed by atoms with Crippen molar-refractivity contribution in [1.82, 2.24) is 5.32 Å². The molecule has 0 amide bonds. The van der Waals surface area contributed by atoms with Crippen molar-refractivity contribution in [3.05, 3.63) is 34.3 Å². The second kappa shape index (κ2) is 4.99. The predicted molar refractivity (Wildman–Crippen MR) is 72.6 cm³/mol. The SMILES string of the molecule is Clc1ccc2c(c1)CCC(CC1CCCN1)C2. The molecule has 1 fully saturated rings. The summed E-state index contributed by atoms with van der Waals surface area (Å²) < 4.78 is 0. The van der Waals surface area contributed by atoms with Crippen molar-refractivity contribution in [3.63, 3.8) is 0 Å². The van der Waals surface area contributed by atoms with Gasteiger partial charge in [0.1, 0.15) is 0 Å². The van der Waals surface area contributed by atoms with Crippen molar-refractivity contribution in [2.24, 2.45) is 5.92 Å². The molecule has 0 radical (unpaired) electrons. The quantitative estimate of drug-likeness (QED) is 0.845. The molecular formula is C15H20ClN. The van der Waals surface area contributed by atoms with Crippen LogP contribution in [0.15, 0.2) is 18.2 Å². The highest BCUT2D eigenvalue weighted by Gasteiger charge is 2.23. The van der Waals surface area contributed by atoms with Gasteiger partial charge in [0.25, 0.3) is 0 Å². The van der Waals surface area contributed by atoms with E-state index in [2.05, 4.69) is 17.4 Å². The van der Waals surface area contributed by atoms with Crippen molar-refractivity contribution in [3.8, 4) is 0 Å². The maximum Gasteiger partial charge on any atom is 0.0408 e. The Morgan fingerprint density at radius 3 is 3.00 bits per heavy atom. The molecule has 1 saturated heterocycles. The monoisotopic (exact) mass is 249 g/mol. The van der Waals surface area contributed by atoms with Crippen LogP contribution < -0.4 is 5.32 Å². The zero-order chi connectivity index (χ0) is 11.7. The Morgan fingerprint density at radius 2 is 2.18 bits per heavy atom. The summed E-state index contributed by atoms with van der Waals surface area (Å²) >= 11 is 6.04. The van der Waals surface area contributed by atoms with E-state index in [0.29, 0.717) is 0 Å². The average Bonchev–Trinajstić information content (AvgIpc) is 2.82. The first kappa shape index (κ1) is 11.6. The lowest BCUT2D eigenvalue weighted by atomic mass is 9.80. The molecule has 2 heteroatoms. The summed E-state index contributed by atoms with van der Waals surface area (Å²) in [6, 6.07) is 7.21. The molecule has 1 aliphatic carbocycles. The number of hydrogen-bond acceptors (Lipinski definition) is 1.